The summed E-state index contributed by atoms with van der Waals surface area (Å²) in [5.41, 5.74) is 0.149. The molecule has 0 saturated carbocycles. The van der Waals surface area contributed by atoms with Crippen molar-refractivity contribution in [2.45, 2.75) is 19.1 Å². The minimum absolute atomic E-state index is 0.149. The second kappa shape index (κ2) is 8.92. The summed E-state index contributed by atoms with van der Waals surface area (Å²) in [6, 6.07) is 1.80. The Hall–Kier alpha value is -1.81. The quantitative estimate of drug-likeness (QED) is 0.757. The van der Waals surface area contributed by atoms with Gasteiger partial charge in [-0.2, -0.15) is 13.2 Å². The van der Waals surface area contributed by atoms with Crippen LogP contribution in [0.25, 0.3) is 0 Å². The van der Waals surface area contributed by atoms with Gasteiger partial charge < -0.3 is 19.7 Å². The number of thioether (sulfide) groups is 1. The second-order valence-corrected chi connectivity index (χ2v) is 6.95. The summed E-state index contributed by atoms with van der Waals surface area (Å²) in [5.74, 6) is -0.468. The minimum Gasteiger partial charge on any atom is -0.493 e. The largest absolute Gasteiger partial charge is 0.493 e. The Labute approximate surface area is 163 Å². The van der Waals surface area contributed by atoms with Gasteiger partial charge in [-0.05, 0) is 19.1 Å². The lowest BCUT2D eigenvalue weighted by Gasteiger charge is -2.24. The van der Waals surface area contributed by atoms with Gasteiger partial charge in [-0.1, -0.05) is 11.6 Å². The number of rotatable bonds is 6. The molecule has 1 heterocycles. The van der Waals surface area contributed by atoms with Gasteiger partial charge in [0.05, 0.1) is 24.6 Å². The normalized spacial score (nSPS) is 17.0. The van der Waals surface area contributed by atoms with Crippen molar-refractivity contribution in [3.63, 3.8) is 0 Å². The summed E-state index contributed by atoms with van der Waals surface area (Å²) in [7, 11) is 1.39. The molecule has 1 atom stereocenters. The molecular weight excluding hydrogens is 409 g/mol. The van der Waals surface area contributed by atoms with Gasteiger partial charge >= 0.3 is 6.18 Å². The van der Waals surface area contributed by atoms with Crippen molar-refractivity contribution in [3.8, 4) is 11.5 Å². The molecule has 1 unspecified atom stereocenters. The maximum absolute atomic E-state index is 12.8. The standard InChI is InChI=1S/C16H18ClF3N2O4S/c1-3-26-13-10(17)4-9(5-12(13)25-2)15(24)22-8-27-6-11(22)14(23)21-7-16(18,19)20/h4-5,11H,3,6-8H2,1-2H3,(H,21,23). The molecule has 27 heavy (non-hydrogen) atoms. The van der Waals surface area contributed by atoms with Crippen LogP contribution in [0.2, 0.25) is 5.02 Å². The van der Waals surface area contributed by atoms with Crippen LogP contribution in [0.3, 0.4) is 0 Å². The smallest absolute Gasteiger partial charge is 0.405 e. The van der Waals surface area contributed by atoms with Gasteiger partial charge in [0.25, 0.3) is 5.91 Å². The fraction of sp³-hybridized carbons (Fsp3) is 0.500. The van der Waals surface area contributed by atoms with E-state index in [9.17, 15) is 22.8 Å². The molecule has 1 saturated heterocycles. The number of halogens is 4. The van der Waals surface area contributed by atoms with Gasteiger partial charge in [-0.25, -0.2) is 0 Å². The van der Waals surface area contributed by atoms with E-state index in [2.05, 4.69) is 0 Å². The molecule has 1 N–H and O–H groups in total. The highest BCUT2D eigenvalue weighted by atomic mass is 35.5. The van der Waals surface area contributed by atoms with Gasteiger partial charge in [0.1, 0.15) is 12.6 Å². The van der Waals surface area contributed by atoms with Crippen molar-refractivity contribution in [2.75, 3.05) is 31.9 Å². The molecule has 0 aliphatic carbocycles. The molecule has 1 aliphatic heterocycles. The summed E-state index contributed by atoms with van der Waals surface area (Å²) in [6.07, 6.45) is -4.52. The Bertz CT molecular complexity index is 718. The van der Waals surface area contributed by atoms with Crippen molar-refractivity contribution in [1.29, 1.82) is 0 Å². The molecular formula is C16H18ClF3N2O4S. The van der Waals surface area contributed by atoms with Crippen LogP contribution in [0.5, 0.6) is 11.5 Å². The van der Waals surface area contributed by atoms with Crippen LogP contribution in [0.4, 0.5) is 13.2 Å². The Balaban J connectivity index is 2.20. The van der Waals surface area contributed by atoms with E-state index in [0.29, 0.717) is 6.61 Å². The van der Waals surface area contributed by atoms with E-state index in [1.807, 2.05) is 5.32 Å². The first-order valence-corrected chi connectivity index (χ1v) is 9.44. The number of hydrogen-bond donors (Lipinski definition) is 1. The number of alkyl halides is 3. The highest BCUT2D eigenvalue weighted by Gasteiger charge is 2.37. The number of carbonyl (C=O) groups excluding carboxylic acids is 2. The number of amides is 2. The average Bonchev–Trinajstić information content (AvgIpc) is 3.09. The van der Waals surface area contributed by atoms with Gasteiger partial charge in [0.15, 0.2) is 11.5 Å². The molecule has 0 spiro atoms. The van der Waals surface area contributed by atoms with E-state index >= 15 is 0 Å². The molecule has 0 bridgehead atoms. The maximum Gasteiger partial charge on any atom is 0.405 e. The number of ether oxygens (including phenoxy) is 2. The summed E-state index contributed by atoms with van der Waals surface area (Å²) in [6.45, 7) is 0.658. The summed E-state index contributed by atoms with van der Waals surface area (Å²) in [5, 5.41) is 1.98. The number of carbonyl (C=O) groups is 2. The van der Waals surface area contributed by atoms with E-state index in [0.717, 1.165) is 0 Å². The van der Waals surface area contributed by atoms with E-state index in [4.69, 9.17) is 21.1 Å². The van der Waals surface area contributed by atoms with Crippen molar-refractivity contribution in [2.24, 2.45) is 0 Å². The first-order chi connectivity index (χ1) is 12.7. The van der Waals surface area contributed by atoms with Gasteiger partial charge in [0, 0.05) is 11.3 Å². The molecule has 2 rings (SSSR count). The van der Waals surface area contributed by atoms with E-state index in [1.54, 1.807) is 6.92 Å². The molecule has 150 valence electrons. The Morgan fingerprint density at radius 1 is 1.41 bits per heavy atom. The molecule has 11 heteroatoms. The third-order valence-electron chi connectivity index (χ3n) is 3.67. The first-order valence-electron chi connectivity index (χ1n) is 7.91. The van der Waals surface area contributed by atoms with Crippen LogP contribution >= 0.6 is 23.4 Å². The van der Waals surface area contributed by atoms with E-state index in [-0.39, 0.29) is 33.7 Å². The monoisotopic (exact) mass is 426 g/mol. The summed E-state index contributed by atoms with van der Waals surface area (Å²) in [4.78, 5) is 26.1. The van der Waals surface area contributed by atoms with Crippen LogP contribution in [0, 0.1) is 0 Å². The van der Waals surface area contributed by atoms with Crippen LogP contribution < -0.4 is 14.8 Å². The first kappa shape index (κ1) is 21.5. The third kappa shape index (κ3) is 5.35. The number of benzene rings is 1. The molecule has 6 nitrogen and oxygen atoms in total. The molecule has 1 fully saturated rings. The topological polar surface area (TPSA) is 67.9 Å². The van der Waals surface area contributed by atoms with Gasteiger partial charge in [0.2, 0.25) is 5.91 Å². The van der Waals surface area contributed by atoms with Crippen molar-refractivity contribution < 1.29 is 32.2 Å². The lowest BCUT2D eigenvalue weighted by molar-refractivity contribution is -0.140. The van der Waals surface area contributed by atoms with Gasteiger partial charge in [-0.3, -0.25) is 9.59 Å². The lowest BCUT2D eigenvalue weighted by Crippen LogP contribution is -2.49. The fourth-order valence-corrected chi connectivity index (χ4v) is 3.88. The predicted octanol–water partition coefficient (Wildman–Crippen LogP) is 2.94. The molecule has 1 aromatic rings. The number of nitrogens with zero attached hydrogens (tertiary/aromatic N) is 1. The van der Waals surface area contributed by atoms with E-state index < -0.39 is 30.6 Å². The fourth-order valence-electron chi connectivity index (χ4n) is 2.46. The minimum atomic E-state index is -4.52. The number of nitrogens with one attached hydrogen (secondary N) is 1. The zero-order valence-electron chi connectivity index (χ0n) is 14.6. The third-order valence-corrected chi connectivity index (χ3v) is 4.97. The Kier molecular flexibility index (Phi) is 7.10. The van der Waals surface area contributed by atoms with Crippen LogP contribution in [-0.2, 0) is 4.79 Å². The maximum atomic E-state index is 12.8. The molecule has 0 radical (unpaired) electrons. The molecule has 1 aliphatic rings. The Morgan fingerprint density at radius 3 is 2.70 bits per heavy atom. The summed E-state index contributed by atoms with van der Waals surface area (Å²) < 4.78 is 47.5. The van der Waals surface area contributed by atoms with Crippen molar-refractivity contribution in [3.05, 3.63) is 22.7 Å². The van der Waals surface area contributed by atoms with Gasteiger partial charge in [-0.15, -0.1) is 11.8 Å². The SMILES string of the molecule is CCOc1c(Cl)cc(C(=O)N2CSCC2C(=O)NCC(F)(F)F)cc1OC. The highest BCUT2D eigenvalue weighted by molar-refractivity contribution is 7.99. The molecule has 0 aromatic heterocycles. The molecule has 2 amide bonds. The lowest BCUT2D eigenvalue weighted by atomic mass is 10.1. The second-order valence-electron chi connectivity index (χ2n) is 5.55. The number of hydrogen-bond acceptors (Lipinski definition) is 5. The summed E-state index contributed by atoms with van der Waals surface area (Å²) >= 11 is 7.43. The highest BCUT2D eigenvalue weighted by Crippen LogP contribution is 2.37. The number of methoxy groups -OCH3 is 1. The van der Waals surface area contributed by atoms with Crippen molar-refractivity contribution in [1.82, 2.24) is 10.2 Å². The Morgan fingerprint density at radius 2 is 2.11 bits per heavy atom. The molecule has 1 aromatic carbocycles. The van der Waals surface area contributed by atoms with Crippen LogP contribution in [0.1, 0.15) is 17.3 Å². The van der Waals surface area contributed by atoms with Crippen LogP contribution in [-0.4, -0.2) is 60.8 Å². The van der Waals surface area contributed by atoms with Crippen molar-refractivity contribution >= 4 is 35.2 Å². The zero-order valence-corrected chi connectivity index (χ0v) is 16.1. The van der Waals surface area contributed by atoms with E-state index in [1.165, 1.54) is 35.9 Å². The zero-order chi connectivity index (χ0) is 20.2. The predicted molar refractivity (Wildman–Crippen MR) is 95.5 cm³/mol. The van der Waals surface area contributed by atoms with Crippen LogP contribution in [0.15, 0.2) is 12.1 Å². The average molecular weight is 427 g/mol.